The second kappa shape index (κ2) is 6.10. The third kappa shape index (κ3) is 2.52. The molecule has 0 amide bonds. The van der Waals surface area contributed by atoms with Crippen LogP contribution in [0.4, 0.5) is 0 Å². The predicted molar refractivity (Wildman–Crippen MR) is 98.1 cm³/mol. The number of aromatic amines is 1. The number of ether oxygens (including phenoxy) is 2. The van der Waals surface area contributed by atoms with Crippen molar-refractivity contribution >= 4 is 21.8 Å². The highest BCUT2D eigenvalue weighted by atomic mass is 16.5. The maximum Gasteiger partial charge on any atom is 0.224 e. The van der Waals surface area contributed by atoms with Crippen LogP contribution in [0.2, 0.25) is 0 Å². The lowest BCUT2D eigenvalue weighted by Crippen LogP contribution is -2.26. The zero-order chi connectivity index (χ0) is 17.5. The van der Waals surface area contributed by atoms with E-state index in [-0.39, 0.29) is 6.10 Å². The van der Waals surface area contributed by atoms with Gasteiger partial charge in [0.25, 0.3) is 0 Å². The summed E-state index contributed by atoms with van der Waals surface area (Å²) in [6, 6.07) is 6.28. The first kappa shape index (κ1) is 15.3. The van der Waals surface area contributed by atoms with E-state index >= 15 is 0 Å². The molecule has 0 radical (unpaired) electrons. The van der Waals surface area contributed by atoms with Gasteiger partial charge in [0.05, 0.1) is 42.0 Å². The van der Waals surface area contributed by atoms with Crippen LogP contribution in [0.1, 0.15) is 12.8 Å². The summed E-state index contributed by atoms with van der Waals surface area (Å²) in [5.74, 6) is 0.631. The lowest BCUT2D eigenvalue weighted by molar-refractivity contribution is 0.0244. The first-order valence-electron chi connectivity index (χ1n) is 8.78. The number of nitrogens with zero attached hydrogens (tertiary/aromatic N) is 4. The molecule has 0 unspecified atom stereocenters. The average Bonchev–Trinajstić information content (AvgIpc) is 3.30. The molecule has 4 heterocycles. The smallest absolute Gasteiger partial charge is 0.224 e. The topological polar surface area (TPSA) is 77.8 Å². The van der Waals surface area contributed by atoms with Gasteiger partial charge in [-0.3, -0.25) is 9.78 Å². The number of rotatable bonds is 3. The van der Waals surface area contributed by atoms with E-state index in [0.29, 0.717) is 5.88 Å². The number of hydrogen-bond acceptors (Lipinski definition) is 5. The van der Waals surface area contributed by atoms with Gasteiger partial charge in [0.1, 0.15) is 6.10 Å². The van der Waals surface area contributed by atoms with Crippen molar-refractivity contribution in [3.8, 4) is 17.0 Å². The van der Waals surface area contributed by atoms with Gasteiger partial charge in [0.15, 0.2) is 0 Å². The van der Waals surface area contributed by atoms with Gasteiger partial charge in [0, 0.05) is 37.0 Å². The minimum Gasteiger partial charge on any atom is -0.474 e. The summed E-state index contributed by atoms with van der Waals surface area (Å²) < 4.78 is 13.4. The molecule has 0 atom stereocenters. The highest BCUT2D eigenvalue weighted by molar-refractivity contribution is 5.97. The van der Waals surface area contributed by atoms with Gasteiger partial charge in [-0.15, -0.1) is 0 Å². The number of aryl methyl sites for hydroxylation is 1. The largest absolute Gasteiger partial charge is 0.474 e. The highest BCUT2D eigenvalue weighted by Gasteiger charge is 2.19. The molecule has 1 saturated heterocycles. The summed E-state index contributed by atoms with van der Waals surface area (Å²) in [6.45, 7) is 1.48. The molecule has 1 aromatic carbocycles. The fourth-order valence-electron chi connectivity index (χ4n) is 3.49. The van der Waals surface area contributed by atoms with E-state index in [2.05, 4.69) is 38.5 Å². The van der Waals surface area contributed by atoms with Gasteiger partial charge in [-0.2, -0.15) is 10.2 Å². The summed E-state index contributed by atoms with van der Waals surface area (Å²) in [5.41, 5.74) is 4.08. The fraction of sp³-hybridized carbons (Fsp3) is 0.316. The molecule has 7 heteroatoms. The standard InChI is InChI=1S/C19H19N5O2/c1-24-17-8-12(2-3-13(17)9-22-24)15-10-20-19(16-11-21-23-18(15)16)26-14-4-6-25-7-5-14/h2-3,8-11,14H,4-7H2,1H3,(H,21,23). The van der Waals surface area contributed by atoms with Crippen molar-refractivity contribution < 1.29 is 9.47 Å². The second-order valence-corrected chi connectivity index (χ2v) is 6.61. The highest BCUT2D eigenvalue weighted by Crippen LogP contribution is 2.33. The first-order chi connectivity index (χ1) is 12.8. The van der Waals surface area contributed by atoms with Gasteiger partial charge in [-0.05, 0) is 11.6 Å². The molecular weight excluding hydrogens is 330 g/mol. The van der Waals surface area contributed by atoms with Crippen LogP contribution in [0.5, 0.6) is 5.88 Å². The fourth-order valence-corrected chi connectivity index (χ4v) is 3.49. The predicted octanol–water partition coefficient (Wildman–Crippen LogP) is 3.07. The van der Waals surface area contributed by atoms with E-state index in [1.165, 1.54) is 0 Å². The molecule has 0 bridgehead atoms. The maximum absolute atomic E-state index is 6.13. The average molecular weight is 349 g/mol. The molecule has 4 aromatic rings. The van der Waals surface area contributed by atoms with Crippen molar-refractivity contribution in [2.75, 3.05) is 13.2 Å². The molecule has 1 aliphatic heterocycles. The molecule has 0 saturated carbocycles. The summed E-state index contributed by atoms with van der Waals surface area (Å²) >= 11 is 0. The zero-order valence-electron chi connectivity index (χ0n) is 14.5. The van der Waals surface area contributed by atoms with Crippen LogP contribution < -0.4 is 4.74 Å². The number of fused-ring (bicyclic) bond motifs is 2. The Labute approximate surface area is 149 Å². The molecule has 1 N–H and O–H groups in total. The van der Waals surface area contributed by atoms with Crippen LogP contribution in [0.3, 0.4) is 0 Å². The zero-order valence-corrected chi connectivity index (χ0v) is 14.5. The molecule has 0 spiro atoms. The van der Waals surface area contributed by atoms with Crippen LogP contribution in [0.25, 0.3) is 32.9 Å². The number of benzene rings is 1. The minimum absolute atomic E-state index is 0.144. The second-order valence-electron chi connectivity index (χ2n) is 6.61. The molecule has 3 aromatic heterocycles. The molecule has 1 fully saturated rings. The van der Waals surface area contributed by atoms with Crippen molar-refractivity contribution in [2.45, 2.75) is 18.9 Å². The van der Waals surface area contributed by atoms with E-state index in [9.17, 15) is 0 Å². The molecule has 26 heavy (non-hydrogen) atoms. The van der Waals surface area contributed by atoms with Gasteiger partial charge in [-0.25, -0.2) is 4.98 Å². The minimum atomic E-state index is 0.144. The Morgan fingerprint density at radius 1 is 1.19 bits per heavy atom. The van der Waals surface area contributed by atoms with Crippen molar-refractivity contribution in [2.24, 2.45) is 7.05 Å². The SMILES string of the molecule is Cn1ncc2ccc(-c3cnc(OC4CCOCC4)c4cn[nH]c34)cc21. The number of aromatic nitrogens is 5. The molecule has 0 aliphatic carbocycles. The van der Waals surface area contributed by atoms with Crippen molar-refractivity contribution in [3.05, 3.63) is 36.8 Å². The molecule has 1 aliphatic rings. The van der Waals surface area contributed by atoms with E-state index in [1.54, 1.807) is 6.20 Å². The Morgan fingerprint density at radius 2 is 2.08 bits per heavy atom. The Bertz CT molecular complexity index is 1080. The van der Waals surface area contributed by atoms with Gasteiger partial charge in [-0.1, -0.05) is 12.1 Å². The molecular formula is C19H19N5O2. The quantitative estimate of drug-likeness (QED) is 0.615. The van der Waals surface area contributed by atoms with Gasteiger partial charge < -0.3 is 9.47 Å². The van der Waals surface area contributed by atoms with Crippen LogP contribution in [0.15, 0.2) is 36.8 Å². The Hall–Kier alpha value is -2.93. The van der Waals surface area contributed by atoms with E-state index in [4.69, 9.17) is 9.47 Å². The first-order valence-corrected chi connectivity index (χ1v) is 8.78. The molecule has 5 rings (SSSR count). The summed E-state index contributed by atoms with van der Waals surface area (Å²) in [6.07, 6.45) is 7.43. The van der Waals surface area contributed by atoms with Crippen molar-refractivity contribution in [1.29, 1.82) is 0 Å². The Morgan fingerprint density at radius 3 is 2.96 bits per heavy atom. The van der Waals surface area contributed by atoms with Crippen LogP contribution in [0, 0.1) is 0 Å². The Kier molecular flexibility index (Phi) is 3.60. The number of hydrogen-bond donors (Lipinski definition) is 1. The third-order valence-electron chi connectivity index (χ3n) is 4.96. The van der Waals surface area contributed by atoms with E-state index in [1.807, 2.05) is 24.1 Å². The number of pyridine rings is 1. The van der Waals surface area contributed by atoms with Gasteiger partial charge >= 0.3 is 0 Å². The van der Waals surface area contributed by atoms with Crippen LogP contribution in [-0.2, 0) is 11.8 Å². The Balaban J connectivity index is 1.57. The summed E-state index contributed by atoms with van der Waals surface area (Å²) in [7, 11) is 1.95. The number of nitrogens with one attached hydrogen (secondary N) is 1. The maximum atomic E-state index is 6.13. The molecule has 132 valence electrons. The summed E-state index contributed by atoms with van der Waals surface area (Å²) in [5, 5.41) is 13.7. The third-order valence-corrected chi connectivity index (χ3v) is 4.96. The van der Waals surface area contributed by atoms with Crippen molar-refractivity contribution in [3.63, 3.8) is 0 Å². The van der Waals surface area contributed by atoms with E-state index in [0.717, 1.165) is 59.0 Å². The van der Waals surface area contributed by atoms with E-state index < -0.39 is 0 Å². The van der Waals surface area contributed by atoms with Crippen LogP contribution in [-0.4, -0.2) is 44.3 Å². The molecule has 7 nitrogen and oxygen atoms in total. The van der Waals surface area contributed by atoms with Crippen LogP contribution >= 0.6 is 0 Å². The van der Waals surface area contributed by atoms with Gasteiger partial charge in [0.2, 0.25) is 5.88 Å². The monoisotopic (exact) mass is 349 g/mol. The lowest BCUT2D eigenvalue weighted by atomic mass is 10.0. The normalized spacial score (nSPS) is 15.7. The number of H-pyrrole nitrogens is 1. The lowest BCUT2D eigenvalue weighted by Gasteiger charge is -2.23. The summed E-state index contributed by atoms with van der Waals surface area (Å²) in [4.78, 5) is 4.59. The van der Waals surface area contributed by atoms with Crippen molar-refractivity contribution in [1.82, 2.24) is 25.0 Å².